The predicted molar refractivity (Wildman–Crippen MR) is 145 cm³/mol. The third-order valence-corrected chi connectivity index (χ3v) is 8.57. The van der Waals surface area contributed by atoms with E-state index < -0.39 is 0 Å². The molecule has 154 valence electrons. The van der Waals surface area contributed by atoms with Crippen molar-refractivity contribution in [2.24, 2.45) is 0 Å². The summed E-state index contributed by atoms with van der Waals surface area (Å²) < 4.78 is 5.56. The Hall–Kier alpha value is -3.20. The zero-order valence-corrected chi connectivity index (χ0v) is 19.7. The highest BCUT2D eigenvalue weighted by Gasteiger charge is 2.13. The number of benzene rings is 4. The summed E-state index contributed by atoms with van der Waals surface area (Å²) in [4.78, 5) is 0. The van der Waals surface area contributed by atoms with Crippen LogP contribution in [0, 0.1) is 6.92 Å². The third kappa shape index (κ3) is 3.28. The quantitative estimate of drug-likeness (QED) is 0.254. The van der Waals surface area contributed by atoms with Crippen molar-refractivity contribution < 1.29 is 0 Å². The molecule has 2 heterocycles. The lowest BCUT2D eigenvalue weighted by atomic mass is 10.0. The first kappa shape index (κ1) is 19.5. The summed E-state index contributed by atoms with van der Waals surface area (Å²) in [6.45, 7) is 4.19. The molecule has 0 aliphatic rings. The number of rotatable bonds is 3. The topological polar surface area (TPSA) is 0 Å². The van der Waals surface area contributed by atoms with E-state index in [0.717, 1.165) is 0 Å². The minimum absolute atomic E-state index is 1.24. The Balaban J connectivity index is 1.43. The Morgan fingerprint density at radius 1 is 0.562 bits per heavy atom. The molecule has 0 atom stereocenters. The molecule has 0 unspecified atom stereocenters. The minimum Gasteiger partial charge on any atom is -0.134 e. The summed E-state index contributed by atoms with van der Waals surface area (Å²) in [5, 5.41) is 2.75. The number of thiophene rings is 2. The Morgan fingerprint density at radius 3 is 1.53 bits per heavy atom. The van der Waals surface area contributed by atoms with Crippen molar-refractivity contribution in [1.82, 2.24) is 0 Å². The monoisotopic (exact) mass is 446 g/mol. The second-order valence-corrected chi connectivity index (χ2v) is 10.4. The Morgan fingerprint density at radius 2 is 1.03 bits per heavy atom. The van der Waals surface area contributed by atoms with Crippen LogP contribution in [0.4, 0.5) is 0 Å². The van der Waals surface area contributed by atoms with Gasteiger partial charge in [0.2, 0.25) is 0 Å². The van der Waals surface area contributed by atoms with Crippen molar-refractivity contribution >= 4 is 58.3 Å². The summed E-state index contributed by atoms with van der Waals surface area (Å²) in [6, 6.07) is 31.5. The summed E-state index contributed by atoms with van der Waals surface area (Å²) in [7, 11) is 0. The van der Waals surface area contributed by atoms with Gasteiger partial charge >= 0.3 is 0 Å². The summed E-state index contributed by atoms with van der Waals surface area (Å²) in [5.74, 6) is 0. The zero-order chi connectivity index (χ0) is 21.7. The summed E-state index contributed by atoms with van der Waals surface area (Å²) in [6.07, 6.45) is 4.21. The molecule has 6 aromatic rings. The molecule has 0 radical (unpaired) electrons. The van der Waals surface area contributed by atoms with Gasteiger partial charge in [-0.3, -0.25) is 0 Å². The van der Waals surface area contributed by atoms with Crippen LogP contribution in [-0.4, -0.2) is 0 Å². The van der Waals surface area contributed by atoms with Gasteiger partial charge in [0.05, 0.1) is 9.40 Å². The Bertz CT molecular complexity index is 1610. The van der Waals surface area contributed by atoms with Crippen molar-refractivity contribution in [3.05, 3.63) is 102 Å². The molecule has 0 spiro atoms. The molecule has 0 N–H and O–H groups in total. The van der Waals surface area contributed by atoms with E-state index in [-0.39, 0.29) is 0 Å². The van der Waals surface area contributed by atoms with Gasteiger partial charge in [-0.15, -0.1) is 22.7 Å². The van der Waals surface area contributed by atoms with Crippen LogP contribution in [0.3, 0.4) is 0 Å². The van der Waals surface area contributed by atoms with Crippen LogP contribution >= 0.6 is 22.7 Å². The number of allylic oxidation sites excluding steroid dienone is 1. The smallest absolute Gasteiger partial charge is 0.0542 e. The van der Waals surface area contributed by atoms with Gasteiger partial charge in [-0.2, -0.15) is 0 Å². The molecule has 0 bridgehead atoms. The van der Waals surface area contributed by atoms with E-state index in [2.05, 4.69) is 111 Å². The molecule has 0 aliphatic heterocycles. The second kappa shape index (κ2) is 7.74. The van der Waals surface area contributed by atoms with Crippen LogP contribution in [0.25, 0.3) is 57.9 Å². The molecule has 4 aromatic carbocycles. The average molecular weight is 447 g/mol. The highest BCUT2D eigenvalue weighted by molar-refractivity contribution is 7.36. The van der Waals surface area contributed by atoms with Gasteiger partial charge in [0.15, 0.2) is 0 Å². The molecule has 0 fully saturated rings. The van der Waals surface area contributed by atoms with Crippen molar-refractivity contribution in [3.8, 4) is 22.3 Å². The van der Waals surface area contributed by atoms with Gasteiger partial charge in [-0.25, -0.2) is 0 Å². The third-order valence-electron chi connectivity index (χ3n) is 6.07. The molecule has 2 aromatic heterocycles. The molecule has 0 saturated heterocycles. The summed E-state index contributed by atoms with van der Waals surface area (Å²) in [5.41, 5.74) is 7.66. The number of fused-ring (bicyclic) bond motifs is 5. The van der Waals surface area contributed by atoms with Crippen molar-refractivity contribution in [3.63, 3.8) is 0 Å². The highest BCUT2D eigenvalue weighted by atomic mass is 32.1. The maximum atomic E-state index is 2.35. The van der Waals surface area contributed by atoms with Gasteiger partial charge in [0, 0.05) is 20.2 Å². The van der Waals surface area contributed by atoms with Crippen LogP contribution < -0.4 is 0 Å². The predicted octanol–water partition coefficient (Wildman–Crippen LogP) is 9.94. The SMILES string of the molecule is CC=Cc1ccc(-c2ccc3c(c2)sc2c4ccc(-c5ccc(C)cc5)cc4sc32)cc1. The van der Waals surface area contributed by atoms with E-state index in [4.69, 9.17) is 0 Å². The lowest BCUT2D eigenvalue weighted by molar-refractivity contribution is 1.47. The second-order valence-electron chi connectivity index (χ2n) is 8.27. The lowest BCUT2D eigenvalue weighted by Crippen LogP contribution is -1.78. The molecule has 32 heavy (non-hydrogen) atoms. The van der Waals surface area contributed by atoms with E-state index >= 15 is 0 Å². The maximum Gasteiger partial charge on any atom is 0.0542 e. The standard InChI is InChI=1S/C30H22S2/c1-3-4-20-7-11-22(12-8-20)24-14-16-26-28(18-24)32-29-25-15-13-23(17-27(25)31-30(26)29)21-9-5-19(2)6-10-21/h3-18H,1-2H3. The van der Waals surface area contributed by atoms with Crippen molar-refractivity contribution in [2.75, 3.05) is 0 Å². The van der Waals surface area contributed by atoms with Crippen LogP contribution in [0.1, 0.15) is 18.1 Å². The Kier molecular flexibility index (Phi) is 4.71. The van der Waals surface area contributed by atoms with E-state index in [1.165, 1.54) is 63.0 Å². The molecule has 0 saturated carbocycles. The fraction of sp³-hybridized carbons (Fsp3) is 0.0667. The van der Waals surface area contributed by atoms with E-state index in [9.17, 15) is 0 Å². The Labute approximate surface area is 196 Å². The molecular formula is C30H22S2. The minimum atomic E-state index is 1.24. The van der Waals surface area contributed by atoms with Gasteiger partial charge in [0.1, 0.15) is 0 Å². The first-order valence-electron chi connectivity index (χ1n) is 10.9. The highest BCUT2D eigenvalue weighted by Crippen LogP contribution is 2.45. The lowest BCUT2D eigenvalue weighted by Gasteiger charge is -2.03. The number of hydrogen-bond acceptors (Lipinski definition) is 2. The average Bonchev–Trinajstić information content (AvgIpc) is 3.35. The van der Waals surface area contributed by atoms with Crippen LogP contribution in [0.5, 0.6) is 0 Å². The van der Waals surface area contributed by atoms with Crippen LogP contribution in [0.2, 0.25) is 0 Å². The molecule has 6 rings (SSSR count). The van der Waals surface area contributed by atoms with Gasteiger partial charge in [-0.1, -0.05) is 90.5 Å². The molecule has 2 heteroatoms. The number of aryl methyl sites for hydroxylation is 1. The summed E-state index contributed by atoms with van der Waals surface area (Å²) >= 11 is 3.84. The first-order chi connectivity index (χ1) is 15.7. The number of hydrogen-bond donors (Lipinski definition) is 0. The van der Waals surface area contributed by atoms with Crippen molar-refractivity contribution in [1.29, 1.82) is 0 Å². The van der Waals surface area contributed by atoms with E-state index in [1.807, 2.05) is 22.7 Å². The van der Waals surface area contributed by atoms with Gasteiger partial charge in [-0.05, 0) is 53.8 Å². The fourth-order valence-electron chi connectivity index (χ4n) is 4.34. The first-order valence-corrected chi connectivity index (χ1v) is 12.5. The van der Waals surface area contributed by atoms with E-state index in [1.54, 1.807) is 0 Å². The van der Waals surface area contributed by atoms with Crippen LogP contribution in [-0.2, 0) is 0 Å². The van der Waals surface area contributed by atoms with Crippen LogP contribution in [0.15, 0.2) is 91.0 Å². The van der Waals surface area contributed by atoms with Crippen molar-refractivity contribution in [2.45, 2.75) is 13.8 Å². The van der Waals surface area contributed by atoms with Gasteiger partial charge in [0.25, 0.3) is 0 Å². The fourth-order valence-corrected chi connectivity index (χ4v) is 7.07. The van der Waals surface area contributed by atoms with E-state index in [0.29, 0.717) is 0 Å². The normalized spacial score (nSPS) is 11.9. The molecule has 0 nitrogen and oxygen atoms in total. The zero-order valence-electron chi connectivity index (χ0n) is 18.1. The van der Waals surface area contributed by atoms with Gasteiger partial charge < -0.3 is 0 Å². The molecular weight excluding hydrogens is 424 g/mol. The molecule has 0 aliphatic carbocycles. The molecule has 0 amide bonds. The largest absolute Gasteiger partial charge is 0.134 e. The maximum absolute atomic E-state index is 2.35.